The molecule has 0 heterocycles. The van der Waals surface area contributed by atoms with Gasteiger partial charge in [-0.05, 0) is 65.1 Å². The number of hydrogen-bond donors (Lipinski definition) is 2. The lowest BCUT2D eigenvalue weighted by Crippen LogP contribution is -2.42. The quantitative estimate of drug-likeness (QED) is 0.581. The van der Waals surface area contributed by atoms with Crippen molar-refractivity contribution >= 4 is 11.9 Å². The molecule has 1 aliphatic carbocycles. The van der Waals surface area contributed by atoms with Gasteiger partial charge in [0.05, 0.1) is 5.54 Å². The molecule has 4 rings (SSSR count). The molecule has 2 N–H and O–H groups in total. The number of carboxylic acid groups (broad SMARTS) is 1. The number of fused-ring (bicyclic) bond motifs is 3. The van der Waals surface area contributed by atoms with E-state index in [1.165, 1.54) is 27.8 Å². The molecule has 0 saturated carbocycles. The highest BCUT2D eigenvalue weighted by Crippen LogP contribution is 2.48. The van der Waals surface area contributed by atoms with Gasteiger partial charge in [0.2, 0.25) is 5.91 Å². The maximum atomic E-state index is 12.1. The third kappa shape index (κ3) is 4.11. The van der Waals surface area contributed by atoms with Gasteiger partial charge in [0.25, 0.3) is 0 Å². The first-order chi connectivity index (χ1) is 14.9. The second kappa shape index (κ2) is 8.38. The Morgan fingerprint density at radius 3 is 2.16 bits per heavy atom. The Kier molecular flexibility index (Phi) is 5.64. The van der Waals surface area contributed by atoms with Crippen LogP contribution in [0.3, 0.4) is 0 Å². The molecule has 31 heavy (non-hydrogen) atoms. The Balaban J connectivity index is 1.61. The molecule has 0 radical (unpaired) electrons. The first-order valence-corrected chi connectivity index (χ1v) is 10.7. The van der Waals surface area contributed by atoms with Crippen LogP contribution >= 0.6 is 0 Å². The smallest absolute Gasteiger partial charge is 0.303 e. The number of hydrogen-bond acceptors (Lipinski definition) is 2. The van der Waals surface area contributed by atoms with Crippen molar-refractivity contribution in [1.29, 1.82) is 0 Å². The summed E-state index contributed by atoms with van der Waals surface area (Å²) in [5.74, 6) is -0.817. The first-order valence-electron chi connectivity index (χ1n) is 10.7. The molecule has 0 bridgehead atoms. The Bertz CT molecular complexity index is 1130. The number of aryl methyl sites for hydroxylation is 3. The molecular weight excluding hydrogens is 386 g/mol. The minimum atomic E-state index is -0.773. The standard InChI is InChI=1S/C27H27NO3/c1-18(29)28-27(2)24-9-4-3-7-22(24)23-8-5-6-21(26(23)27)16-14-19-10-12-20(13-11-19)15-17-25(30)31/h3-13H,14-17H2,1-2H3,(H,28,29)(H,30,31). The van der Waals surface area contributed by atoms with Crippen molar-refractivity contribution in [2.24, 2.45) is 0 Å². The van der Waals surface area contributed by atoms with Gasteiger partial charge < -0.3 is 10.4 Å². The van der Waals surface area contributed by atoms with Gasteiger partial charge in [-0.2, -0.15) is 0 Å². The van der Waals surface area contributed by atoms with E-state index in [0.29, 0.717) is 6.42 Å². The lowest BCUT2D eigenvalue weighted by Gasteiger charge is -2.30. The maximum Gasteiger partial charge on any atom is 0.303 e. The van der Waals surface area contributed by atoms with Crippen molar-refractivity contribution in [2.75, 3.05) is 0 Å². The van der Waals surface area contributed by atoms with Crippen LogP contribution in [0.5, 0.6) is 0 Å². The van der Waals surface area contributed by atoms with Crippen LogP contribution in [0.25, 0.3) is 11.1 Å². The Morgan fingerprint density at radius 2 is 1.48 bits per heavy atom. The zero-order valence-corrected chi connectivity index (χ0v) is 17.9. The summed E-state index contributed by atoms with van der Waals surface area (Å²) >= 11 is 0. The van der Waals surface area contributed by atoms with E-state index in [2.05, 4.69) is 54.7 Å². The van der Waals surface area contributed by atoms with Gasteiger partial charge in [0.15, 0.2) is 0 Å². The van der Waals surface area contributed by atoms with Crippen LogP contribution in [-0.4, -0.2) is 17.0 Å². The van der Waals surface area contributed by atoms with Gasteiger partial charge in [-0.15, -0.1) is 0 Å². The molecule has 158 valence electrons. The van der Waals surface area contributed by atoms with E-state index in [1.54, 1.807) is 6.92 Å². The van der Waals surface area contributed by atoms with E-state index < -0.39 is 11.5 Å². The summed E-state index contributed by atoms with van der Waals surface area (Å²) < 4.78 is 0. The lowest BCUT2D eigenvalue weighted by molar-refractivity contribution is -0.137. The molecule has 4 nitrogen and oxygen atoms in total. The summed E-state index contributed by atoms with van der Waals surface area (Å²) in [5.41, 5.74) is 7.63. The number of benzene rings is 3. The predicted molar refractivity (Wildman–Crippen MR) is 122 cm³/mol. The fraction of sp³-hybridized carbons (Fsp3) is 0.259. The summed E-state index contributed by atoms with van der Waals surface area (Å²) in [6.45, 7) is 3.67. The normalized spacial score (nSPS) is 16.5. The topological polar surface area (TPSA) is 66.4 Å². The van der Waals surface area contributed by atoms with E-state index >= 15 is 0 Å². The summed E-state index contributed by atoms with van der Waals surface area (Å²) in [5, 5.41) is 12.1. The summed E-state index contributed by atoms with van der Waals surface area (Å²) in [4.78, 5) is 22.9. The highest BCUT2D eigenvalue weighted by Gasteiger charge is 2.41. The average molecular weight is 414 g/mol. The van der Waals surface area contributed by atoms with Gasteiger partial charge in [-0.3, -0.25) is 9.59 Å². The molecule has 0 aromatic heterocycles. The Labute approximate surface area is 182 Å². The number of aliphatic carboxylic acids is 1. The minimum absolute atomic E-state index is 0.0445. The van der Waals surface area contributed by atoms with Crippen molar-refractivity contribution in [3.63, 3.8) is 0 Å². The number of rotatable bonds is 7. The fourth-order valence-corrected chi connectivity index (χ4v) is 4.80. The van der Waals surface area contributed by atoms with Crippen molar-refractivity contribution in [3.05, 3.63) is 94.5 Å². The summed E-state index contributed by atoms with van der Waals surface area (Å²) in [6, 6.07) is 22.9. The van der Waals surface area contributed by atoms with E-state index in [4.69, 9.17) is 5.11 Å². The van der Waals surface area contributed by atoms with Crippen LogP contribution in [0, 0.1) is 0 Å². The summed E-state index contributed by atoms with van der Waals surface area (Å²) in [7, 11) is 0. The molecule has 0 aliphatic heterocycles. The SMILES string of the molecule is CC(=O)NC1(C)c2ccccc2-c2cccc(CCc3ccc(CCC(=O)O)cc3)c21. The van der Waals surface area contributed by atoms with Gasteiger partial charge in [-0.25, -0.2) is 0 Å². The van der Waals surface area contributed by atoms with Crippen LogP contribution in [0.1, 0.15) is 48.1 Å². The highest BCUT2D eigenvalue weighted by molar-refractivity contribution is 5.85. The second-order valence-corrected chi connectivity index (χ2v) is 8.40. The molecular formula is C27H27NO3. The fourth-order valence-electron chi connectivity index (χ4n) is 4.80. The molecule has 1 amide bonds. The number of amides is 1. The molecule has 0 spiro atoms. The van der Waals surface area contributed by atoms with Crippen LogP contribution < -0.4 is 5.32 Å². The largest absolute Gasteiger partial charge is 0.481 e. The predicted octanol–water partition coefficient (Wildman–Crippen LogP) is 4.87. The third-order valence-corrected chi connectivity index (χ3v) is 6.17. The van der Waals surface area contributed by atoms with Crippen molar-refractivity contribution in [1.82, 2.24) is 5.32 Å². The number of carboxylic acids is 1. The van der Waals surface area contributed by atoms with E-state index in [0.717, 1.165) is 24.0 Å². The van der Waals surface area contributed by atoms with Gasteiger partial charge in [-0.1, -0.05) is 66.7 Å². The molecule has 1 unspecified atom stereocenters. The third-order valence-electron chi connectivity index (χ3n) is 6.17. The van der Waals surface area contributed by atoms with Crippen molar-refractivity contribution in [2.45, 2.75) is 45.1 Å². The van der Waals surface area contributed by atoms with Crippen LogP contribution in [0.2, 0.25) is 0 Å². The zero-order valence-electron chi connectivity index (χ0n) is 17.9. The van der Waals surface area contributed by atoms with E-state index in [1.807, 2.05) is 24.3 Å². The Hall–Kier alpha value is -3.40. The number of carbonyl (C=O) groups is 2. The first kappa shape index (κ1) is 20.9. The maximum absolute atomic E-state index is 12.1. The second-order valence-electron chi connectivity index (χ2n) is 8.40. The lowest BCUT2D eigenvalue weighted by atomic mass is 9.84. The molecule has 1 atom stereocenters. The summed E-state index contributed by atoms with van der Waals surface area (Å²) in [6.07, 6.45) is 2.44. The van der Waals surface area contributed by atoms with Gasteiger partial charge in [0.1, 0.15) is 0 Å². The minimum Gasteiger partial charge on any atom is -0.481 e. The van der Waals surface area contributed by atoms with Gasteiger partial charge >= 0.3 is 5.97 Å². The van der Waals surface area contributed by atoms with Crippen LogP contribution in [0.4, 0.5) is 0 Å². The molecule has 0 fully saturated rings. The average Bonchev–Trinajstić information content (AvgIpc) is 3.00. The van der Waals surface area contributed by atoms with Gasteiger partial charge in [0, 0.05) is 13.3 Å². The van der Waals surface area contributed by atoms with Crippen LogP contribution in [-0.2, 0) is 34.4 Å². The number of carbonyl (C=O) groups excluding carboxylic acids is 1. The highest BCUT2D eigenvalue weighted by atomic mass is 16.4. The molecule has 3 aromatic rings. The molecule has 1 aliphatic rings. The monoisotopic (exact) mass is 413 g/mol. The van der Waals surface area contributed by atoms with Crippen molar-refractivity contribution in [3.8, 4) is 11.1 Å². The molecule has 3 aromatic carbocycles. The zero-order chi connectivity index (χ0) is 22.0. The Morgan fingerprint density at radius 1 is 0.839 bits per heavy atom. The van der Waals surface area contributed by atoms with E-state index in [9.17, 15) is 9.59 Å². The molecule has 0 saturated heterocycles. The number of nitrogens with one attached hydrogen (secondary N) is 1. The van der Waals surface area contributed by atoms with Crippen LogP contribution in [0.15, 0.2) is 66.7 Å². The van der Waals surface area contributed by atoms with E-state index in [-0.39, 0.29) is 12.3 Å². The molecule has 4 heteroatoms. The van der Waals surface area contributed by atoms with Crippen molar-refractivity contribution < 1.29 is 14.7 Å².